The molecule has 0 aliphatic rings. The fraction of sp³-hybridized carbons (Fsp3) is 0.375. The number of hydrogen-bond acceptors (Lipinski definition) is 5. The molecule has 1 aromatic carbocycles. The number of amides is 2. The molecule has 140 valence electrons. The van der Waals surface area contributed by atoms with Crippen molar-refractivity contribution >= 4 is 46.8 Å². The highest BCUT2D eigenvalue weighted by atomic mass is 35.5. The molecule has 0 bridgehead atoms. The van der Waals surface area contributed by atoms with E-state index in [0.717, 1.165) is 5.56 Å². The van der Waals surface area contributed by atoms with E-state index in [-0.39, 0.29) is 24.1 Å². The van der Waals surface area contributed by atoms with Crippen LogP contribution in [0.15, 0.2) is 23.4 Å². The predicted octanol–water partition coefficient (Wildman–Crippen LogP) is 2.62. The largest absolute Gasteiger partial charge is 0.355 e. The van der Waals surface area contributed by atoms with Crippen molar-refractivity contribution < 1.29 is 9.59 Å². The van der Waals surface area contributed by atoms with Gasteiger partial charge < -0.3 is 15.2 Å². The number of carbonyl (C=O) groups is 2. The summed E-state index contributed by atoms with van der Waals surface area (Å²) in [4.78, 5) is 23.2. The molecule has 0 fully saturated rings. The molecule has 0 aliphatic heterocycles. The van der Waals surface area contributed by atoms with E-state index < -0.39 is 0 Å². The van der Waals surface area contributed by atoms with Gasteiger partial charge in [0.25, 0.3) is 0 Å². The zero-order valence-corrected chi connectivity index (χ0v) is 16.7. The van der Waals surface area contributed by atoms with Gasteiger partial charge in [-0.1, -0.05) is 35.0 Å². The van der Waals surface area contributed by atoms with E-state index in [9.17, 15) is 9.59 Å². The number of nitrogens with one attached hydrogen (secondary N) is 2. The maximum atomic E-state index is 11.9. The quantitative estimate of drug-likeness (QED) is 0.646. The van der Waals surface area contributed by atoms with Crippen molar-refractivity contribution in [3.05, 3.63) is 28.2 Å². The smallest absolute Gasteiger partial charge is 0.239 e. The second kappa shape index (κ2) is 9.80. The number of thioether (sulfide) groups is 1. The third kappa shape index (κ3) is 5.36. The van der Waals surface area contributed by atoms with Crippen molar-refractivity contribution in [3.8, 4) is 11.4 Å². The fourth-order valence-electron chi connectivity index (χ4n) is 2.17. The summed E-state index contributed by atoms with van der Waals surface area (Å²) in [5.41, 5.74) is 0.720. The summed E-state index contributed by atoms with van der Waals surface area (Å²) in [5, 5.41) is 15.1. The van der Waals surface area contributed by atoms with Gasteiger partial charge in [-0.25, -0.2) is 0 Å². The van der Waals surface area contributed by atoms with Crippen LogP contribution in [0.25, 0.3) is 11.4 Å². The van der Waals surface area contributed by atoms with Gasteiger partial charge in [-0.2, -0.15) is 0 Å². The van der Waals surface area contributed by atoms with Gasteiger partial charge in [0.2, 0.25) is 11.8 Å². The van der Waals surface area contributed by atoms with E-state index in [1.54, 1.807) is 18.2 Å². The molecule has 7 nitrogen and oxygen atoms in total. The standard InChI is InChI=1S/C16H19Cl2N5O2S/c1-3-19-13(24)8-20-14(25)9-26-16-22-21-15(23(16)4-2)11-6-5-10(17)7-12(11)18/h5-7H,3-4,8-9H2,1-2H3,(H,19,24)(H,20,25). The molecule has 0 unspecified atom stereocenters. The van der Waals surface area contributed by atoms with Crippen molar-refractivity contribution in [3.63, 3.8) is 0 Å². The van der Waals surface area contributed by atoms with Crippen LogP contribution in [0.5, 0.6) is 0 Å². The highest BCUT2D eigenvalue weighted by molar-refractivity contribution is 7.99. The van der Waals surface area contributed by atoms with Crippen LogP contribution in [0.3, 0.4) is 0 Å². The van der Waals surface area contributed by atoms with Gasteiger partial charge in [0.1, 0.15) is 0 Å². The number of aromatic nitrogens is 3. The number of likely N-dealkylation sites (N-methyl/N-ethyl adjacent to an activating group) is 1. The van der Waals surface area contributed by atoms with E-state index in [1.165, 1.54) is 11.8 Å². The molecule has 2 aromatic rings. The Kier molecular flexibility index (Phi) is 7.74. The Morgan fingerprint density at radius 2 is 1.92 bits per heavy atom. The lowest BCUT2D eigenvalue weighted by Crippen LogP contribution is -2.37. The van der Waals surface area contributed by atoms with Crippen LogP contribution < -0.4 is 10.6 Å². The summed E-state index contributed by atoms with van der Waals surface area (Å²) in [6, 6.07) is 5.17. The minimum Gasteiger partial charge on any atom is -0.355 e. The molecule has 10 heteroatoms. The molecule has 0 saturated carbocycles. The number of hydrogen-bond donors (Lipinski definition) is 2. The van der Waals surface area contributed by atoms with E-state index in [0.29, 0.717) is 34.1 Å². The first-order chi connectivity index (χ1) is 12.5. The molecule has 26 heavy (non-hydrogen) atoms. The molecule has 1 aromatic heterocycles. The van der Waals surface area contributed by atoms with Gasteiger partial charge in [-0.05, 0) is 32.0 Å². The third-order valence-electron chi connectivity index (χ3n) is 3.36. The Balaban J connectivity index is 2.04. The fourth-order valence-corrected chi connectivity index (χ4v) is 3.50. The van der Waals surface area contributed by atoms with Crippen LogP contribution >= 0.6 is 35.0 Å². The minimum absolute atomic E-state index is 0.0423. The second-order valence-electron chi connectivity index (χ2n) is 5.19. The average Bonchev–Trinajstić information content (AvgIpc) is 3.01. The van der Waals surface area contributed by atoms with Crippen LogP contribution in [0.2, 0.25) is 10.0 Å². The SMILES string of the molecule is CCNC(=O)CNC(=O)CSc1nnc(-c2ccc(Cl)cc2Cl)n1CC. The Morgan fingerprint density at radius 1 is 1.15 bits per heavy atom. The number of carbonyl (C=O) groups excluding carboxylic acids is 2. The maximum absolute atomic E-state index is 11.9. The summed E-state index contributed by atoms with van der Waals surface area (Å²) >= 11 is 13.4. The van der Waals surface area contributed by atoms with Gasteiger partial charge in [0, 0.05) is 23.7 Å². The first-order valence-corrected chi connectivity index (χ1v) is 9.75. The van der Waals surface area contributed by atoms with E-state index in [4.69, 9.17) is 23.2 Å². The summed E-state index contributed by atoms with van der Waals surface area (Å²) in [6.45, 7) is 4.87. The summed E-state index contributed by atoms with van der Waals surface area (Å²) in [5.74, 6) is 0.269. The van der Waals surface area contributed by atoms with Crippen molar-refractivity contribution in [1.29, 1.82) is 0 Å². The molecule has 0 radical (unpaired) electrons. The highest BCUT2D eigenvalue weighted by Gasteiger charge is 2.17. The summed E-state index contributed by atoms with van der Waals surface area (Å²) < 4.78 is 1.87. The monoisotopic (exact) mass is 415 g/mol. The number of nitrogens with zero attached hydrogens (tertiary/aromatic N) is 3. The van der Waals surface area contributed by atoms with Gasteiger partial charge in [-0.3, -0.25) is 9.59 Å². The Labute approximate surface area is 165 Å². The van der Waals surface area contributed by atoms with Crippen LogP contribution in [0.4, 0.5) is 0 Å². The molecule has 0 spiro atoms. The van der Waals surface area contributed by atoms with Gasteiger partial charge >= 0.3 is 0 Å². The van der Waals surface area contributed by atoms with E-state index in [1.807, 2.05) is 18.4 Å². The van der Waals surface area contributed by atoms with Crippen LogP contribution in [-0.4, -0.2) is 45.4 Å². The zero-order valence-electron chi connectivity index (χ0n) is 14.4. The zero-order chi connectivity index (χ0) is 19.1. The van der Waals surface area contributed by atoms with Crippen LogP contribution in [0, 0.1) is 0 Å². The predicted molar refractivity (Wildman–Crippen MR) is 104 cm³/mol. The van der Waals surface area contributed by atoms with E-state index in [2.05, 4.69) is 20.8 Å². The summed E-state index contributed by atoms with van der Waals surface area (Å²) in [7, 11) is 0. The molecular formula is C16H19Cl2N5O2S. The lowest BCUT2D eigenvalue weighted by atomic mass is 10.2. The molecule has 0 saturated heterocycles. The first-order valence-electron chi connectivity index (χ1n) is 8.01. The minimum atomic E-state index is -0.252. The van der Waals surface area contributed by atoms with Crippen LogP contribution in [0.1, 0.15) is 13.8 Å². The number of halogens is 2. The van der Waals surface area contributed by atoms with Crippen molar-refractivity contribution in [2.45, 2.75) is 25.5 Å². The first kappa shape index (κ1) is 20.5. The lowest BCUT2D eigenvalue weighted by Gasteiger charge is -2.09. The molecule has 0 aliphatic carbocycles. The van der Waals surface area contributed by atoms with Gasteiger partial charge in [0.15, 0.2) is 11.0 Å². The van der Waals surface area contributed by atoms with Gasteiger partial charge in [0.05, 0.1) is 17.3 Å². The van der Waals surface area contributed by atoms with Crippen molar-refractivity contribution in [2.75, 3.05) is 18.8 Å². The number of benzene rings is 1. The Morgan fingerprint density at radius 3 is 2.58 bits per heavy atom. The van der Waals surface area contributed by atoms with Gasteiger partial charge in [-0.15, -0.1) is 10.2 Å². The normalized spacial score (nSPS) is 10.6. The molecular weight excluding hydrogens is 397 g/mol. The van der Waals surface area contributed by atoms with Crippen molar-refractivity contribution in [1.82, 2.24) is 25.4 Å². The van der Waals surface area contributed by atoms with Crippen LogP contribution in [-0.2, 0) is 16.1 Å². The molecule has 2 N–H and O–H groups in total. The lowest BCUT2D eigenvalue weighted by molar-refractivity contribution is -0.124. The number of rotatable bonds is 8. The molecule has 2 rings (SSSR count). The molecule has 1 heterocycles. The Hall–Kier alpha value is -1.77. The summed E-state index contributed by atoms with van der Waals surface area (Å²) in [6.07, 6.45) is 0. The van der Waals surface area contributed by atoms with E-state index >= 15 is 0 Å². The van der Waals surface area contributed by atoms with Crippen molar-refractivity contribution in [2.24, 2.45) is 0 Å². The molecule has 0 atom stereocenters. The maximum Gasteiger partial charge on any atom is 0.239 e. The highest BCUT2D eigenvalue weighted by Crippen LogP contribution is 2.31. The average molecular weight is 416 g/mol. The molecule has 2 amide bonds. The third-order valence-corrected chi connectivity index (χ3v) is 4.87. The topological polar surface area (TPSA) is 88.9 Å². The second-order valence-corrected chi connectivity index (χ2v) is 6.98. The Bertz CT molecular complexity index is 797.